The first-order valence-electron chi connectivity index (χ1n) is 5.51. The molecule has 21 heavy (non-hydrogen) atoms. The maximum Gasteiger partial charge on any atom is 0.347 e. The van der Waals surface area contributed by atoms with E-state index in [2.05, 4.69) is 0 Å². The summed E-state index contributed by atoms with van der Waals surface area (Å²) < 4.78 is 23.5. The number of nitrogens with two attached hydrogens (primary N) is 2. The highest BCUT2D eigenvalue weighted by Crippen LogP contribution is 2.39. The molecular weight excluding hydrogens is 316 g/mol. The van der Waals surface area contributed by atoms with Gasteiger partial charge in [-0.1, -0.05) is 30.3 Å². The number of amides is 1. The zero-order valence-electron chi connectivity index (χ0n) is 10.4. The van der Waals surface area contributed by atoms with Gasteiger partial charge in [-0.3, -0.25) is 4.79 Å². The topological polar surface area (TPSA) is 141 Å². The number of carboxylic acids is 1. The molecule has 110 valence electrons. The van der Waals surface area contributed by atoms with Gasteiger partial charge >= 0.3 is 5.97 Å². The van der Waals surface area contributed by atoms with Crippen molar-refractivity contribution >= 4 is 33.2 Å². The summed E-state index contributed by atoms with van der Waals surface area (Å²) in [4.78, 5) is 21.4. The minimum Gasteiger partial charge on any atom is -0.477 e. The van der Waals surface area contributed by atoms with Gasteiger partial charge in [0.05, 0.1) is 0 Å². The van der Waals surface area contributed by atoms with Gasteiger partial charge in [0.25, 0.3) is 5.91 Å². The van der Waals surface area contributed by atoms with Crippen molar-refractivity contribution in [1.82, 2.24) is 0 Å². The first kappa shape index (κ1) is 15.2. The van der Waals surface area contributed by atoms with Crippen LogP contribution in [0.3, 0.4) is 0 Å². The van der Waals surface area contributed by atoms with Gasteiger partial charge in [-0.25, -0.2) is 18.4 Å². The highest BCUT2D eigenvalue weighted by Gasteiger charge is 2.31. The first-order chi connectivity index (χ1) is 9.73. The van der Waals surface area contributed by atoms with Gasteiger partial charge < -0.3 is 10.8 Å². The number of primary sulfonamides is 1. The number of hydrogen-bond acceptors (Lipinski definition) is 5. The number of carbonyl (C=O) groups is 2. The summed E-state index contributed by atoms with van der Waals surface area (Å²) in [7, 11) is -4.35. The van der Waals surface area contributed by atoms with Crippen molar-refractivity contribution in [2.24, 2.45) is 10.9 Å². The second-order valence-corrected chi connectivity index (χ2v) is 6.56. The number of aromatic carboxylic acids is 1. The molecule has 0 aliphatic carbocycles. The van der Waals surface area contributed by atoms with Crippen LogP contribution in [0.25, 0.3) is 11.1 Å². The van der Waals surface area contributed by atoms with E-state index >= 15 is 0 Å². The third kappa shape index (κ3) is 2.79. The molecule has 0 spiro atoms. The van der Waals surface area contributed by atoms with E-state index in [1.807, 2.05) is 0 Å². The minimum atomic E-state index is -4.35. The van der Waals surface area contributed by atoms with E-state index in [1.54, 1.807) is 18.2 Å². The summed E-state index contributed by atoms with van der Waals surface area (Å²) in [6.07, 6.45) is 0. The maximum atomic E-state index is 11.8. The Kier molecular flexibility index (Phi) is 3.81. The van der Waals surface area contributed by atoms with Crippen LogP contribution in [-0.4, -0.2) is 25.4 Å². The molecule has 0 radical (unpaired) electrons. The molecule has 2 rings (SSSR count). The average Bonchev–Trinajstić information content (AvgIpc) is 2.80. The van der Waals surface area contributed by atoms with E-state index in [9.17, 15) is 18.0 Å². The molecule has 1 heterocycles. The van der Waals surface area contributed by atoms with Crippen molar-refractivity contribution in [3.05, 3.63) is 40.1 Å². The zero-order valence-corrected chi connectivity index (χ0v) is 12.1. The van der Waals surface area contributed by atoms with E-state index in [-0.39, 0.29) is 10.4 Å². The van der Waals surface area contributed by atoms with Gasteiger partial charge in [-0.2, -0.15) is 0 Å². The average molecular weight is 326 g/mol. The molecule has 0 fully saturated rings. The van der Waals surface area contributed by atoms with Crippen molar-refractivity contribution < 1.29 is 23.1 Å². The number of carbonyl (C=O) groups excluding carboxylic acids is 1. The van der Waals surface area contributed by atoms with Crippen LogP contribution in [-0.2, 0) is 10.0 Å². The Labute approximate surface area is 123 Å². The van der Waals surface area contributed by atoms with Crippen LogP contribution in [0.1, 0.15) is 19.3 Å². The third-order valence-electron chi connectivity index (χ3n) is 2.63. The van der Waals surface area contributed by atoms with Crippen molar-refractivity contribution in [3.63, 3.8) is 0 Å². The summed E-state index contributed by atoms with van der Waals surface area (Å²) >= 11 is 0.491. The quantitative estimate of drug-likeness (QED) is 0.764. The molecule has 5 N–H and O–H groups in total. The zero-order chi connectivity index (χ0) is 15.8. The molecule has 1 aromatic carbocycles. The van der Waals surface area contributed by atoms with Gasteiger partial charge in [0, 0.05) is 5.56 Å². The fraction of sp³-hybridized carbons (Fsp3) is 0. The lowest BCUT2D eigenvalue weighted by atomic mass is 10.1. The fourth-order valence-electron chi connectivity index (χ4n) is 1.87. The number of benzene rings is 1. The lowest BCUT2D eigenvalue weighted by Crippen LogP contribution is -2.16. The first-order valence-corrected chi connectivity index (χ1v) is 7.88. The summed E-state index contributed by atoms with van der Waals surface area (Å²) in [6.45, 7) is 0. The van der Waals surface area contributed by atoms with Crippen LogP contribution in [0.5, 0.6) is 0 Å². The summed E-state index contributed by atoms with van der Waals surface area (Å²) in [5, 5.41) is 14.2. The van der Waals surface area contributed by atoms with Crippen molar-refractivity contribution in [2.75, 3.05) is 0 Å². The van der Waals surface area contributed by atoms with E-state index in [0.29, 0.717) is 16.9 Å². The molecular formula is C12H10N2O5S2. The third-order valence-corrected chi connectivity index (χ3v) is 4.93. The minimum absolute atomic E-state index is 0.0759. The molecule has 0 unspecified atom stereocenters. The molecule has 1 aromatic heterocycles. The Morgan fingerprint density at radius 3 is 2.10 bits per heavy atom. The summed E-state index contributed by atoms with van der Waals surface area (Å²) in [6, 6.07) is 7.99. The molecule has 0 atom stereocenters. The lowest BCUT2D eigenvalue weighted by Gasteiger charge is -2.05. The Morgan fingerprint density at radius 1 is 1.10 bits per heavy atom. The maximum absolute atomic E-state index is 11.8. The normalized spacial score (nSPS) is 11.3. The van der Waals surface area contributed by atoms with Crippen LogP contribution in [0.2, 0.25) is 0 Å². The van der Waals surface area contributed by atoms with Gasteiger partial charge in [-0.05, 0) is 5.56 Å². The van der Waals surface area contributed by atoms with Crippen LogP contribution >= 0.6 is 11.3 Å². The highest BCUT2D eigenvalue weighted by atomic mass is 32.2. The molecule has 0 bridgehead atoms. The van der Waals surface area contributed by atoms with E-state index in [4.69, 9.17) is 16.0 Å². The van der Waals surface area contributed by atoms with Crippen LogP contribution < -0.4 is 10.9 Å². The van der Waals surface area contributed by atoms with Gasteiger partial charge in [0.15, 0.2) is 0 Å². The van der Waals surface area contributed by atoms with E-state index in [1.165, 1.54) is 12.1 Å². The number of carboxylic acid groups (broad SMARTS) is 1. The number of hydrogen-bond donors (Lipinski definition) is 3. The lowest BCUT2D eigenvalue weighted by molar-refractivity contribution is 0.0698. The standard InChI is InChI=1S/C12H10N2O5S2/c13-11(15)8-7(6-4-2-1-3-5-6)10(21(14,18)19)9(20-8)12(16)17/h1-5H,(H2,13,15)(H,16,17)(H2,14,18,19). The molecule has 1 amide bonds. The van der Waals surface area contributed by atoms with Crippen molar-refractivity contribution in [2.45, 2.75) is 4.90 Å². The van der Waals surface area contributed by atoms with Crippen LogP contribution in [0.15, 0.2) is 35.2 Å². The van der Waals surface area contributed by atoms with Crippen molar-refractivity contribution in [3.8, 4) is 11.1 Å². The van der Waals surface area contributed by atoms with E-state index < -0.39 is 31.7 Å². The van der Waals surface area contributed by atoms with Gasteiger partial charge in [0.2, 0.25) is 10.0 Å². The molecule has 0 saturated carbocycles. The molecule has 0 aliphatic rings. The summed E-state index contributed by atoms with van der Waals surface area (Å²) in [5.74, 6) is -2.41. The van der Waals surface area contributed by atoms with E-state index in [0.717, 1.165) is 0 Å². The number of thiophene rings is 1. The number of primary amides is 1. The van der Waals surface area contributed by atoms with Crippen LogP contribution in [0, 0.1) is 0 Å². The monoisotopic (exact) mass is 326 g/mol. The Bertz CT molecular complexity index is 825. The number of rotatable bonds is 4. The molecule has 0 saturated heterocycles. The predicted octanol–water partition coefficient (Wildman–Crippen LogP) is 0.860. The second kappa shape index (κ2) is 5.28. The molecule has 0 aliphatic heterocycles. The molecule has 7 nitrogen and oxygen atoms in total. The van der Waals surface area contributed by atoms with Gasteiger partial charge in [-0.15, -0.1) is 11.3 Å². The highest BCUT2D eigenvalue weighted by molar-refractivity contribution is 7.89. The van der Waals surface area contributed by atoms with Gasteiger partial charge in [0.1, 0.15) is 14.6 Å². The smallest absolute Gasteiger partial charge is 0.347 e. The molecule has 2 aromatic rings. The Morgan fingerprint density at radius 2 is 1.67 bits per heavy atom. The fourth-order valence-corrected chi connectivity index (χ4v) is 4.17. The van der Waals surface area contributed by atoms with Crippen molar-refractivity contribution in [1.29, 1.82) is 0 Å². The summed E-state index contributed by atoms with van der Waals surface area (Å²) in [5.41, 5.74) is 5.49. The largest absolute Gasteiger partial charge is 0.477 e. The Hall–Kier alpha value is -2.23. The molecule has 9 heteroatoms. The van der Waals surface area contributed by atoms with Crippen LogP contribution in [0.4, 0.5) is 0 Å². The number of sulfonamides is 1. The predicted molar refractivity (Wildman–Crippen MR) is 76.6 cm³/mol. The SMILES string of the molecule is NC(=O)c1sc(C(=O)O)c(S(N)(=O)=O)c1-c1ccccc1. The Balaban J connectivity index is 2.96. The second-order valence-electron chi connectivity index (χ2n) is 4.04.